The van der Waals surface area contributed by atoms with Gasteiger partial charge in [-0.25, -0.2) is 4.98 Å². The van der Waals surface area contributed by atoms with E-state index in [9.17, 15) is 14.9 Å². The lowest BCUT2D eigenvalue weighted by molar-refractivity contribution is -0.123. The first-order chi connectivity index (χ1) is 16.4. The first-order valence-corrected chi connectivity index (χ1v) is 11.8. The third kappa shape index (κ3) is 3.90. The summed E-state index contributed by atoms with van der Waals surface area (Å²) in [5.41, 5.74) is 0.311. The summed E-state index contributed by atoms with van der Waals surface area (Å²) in [5, 5.41) is 17.3. The molecule has 0 bridgehead atoms. The van der Waals surface area contributed by atoms with Crippen LogP contribution >= 0.6 is 0 Å². The van der Waals surface area contributed by atoms with Gasteiger partial charge < -0.3 is 19.9 Å². The van der Waals surface area contributed by atoms with Crippen LogP contribution < -0.4 is 10.2 Å². The highest BCUT2D eigenvalue weighted by Crippen LogP contribution is 2.51. The van der Waals surface area contributed by atoms with Crippen LogP contribution in [0, 0.1) is 22.7 Å². The molecule has 5 rings (SSSR count). The Hall–Kier alpha value is -3.45. The molecule has 2 saturated heterocycles. The Morgan fingerprint density at radius 3 is 2.65 bits per heavy atom. The van der Waals surface area contributed by atoms with Gasteiger partial charge in [0, 0.05) is 57.8 Å². The third-order valence-corrected chi connectivity index (χ3v) is 7.30. The molecule has 10 nitrogen and oxygen atoms in total. The summed E-state index contributed by atoms with van der Waals surface area (Å²) in [6.07, 6.45) is 5.93. The third-order valence-electron chi connectivity index (χ3n) is 7.30. The van der Waals surface area contributed by atoms with Crippen molar-refractivity contribution in [3.05, 3.63) is 30.1 Å². The number of aryl methyl sites for hydroxylation is 1. The molecule has 2 aromatic rings. The Balaban J connectivity index is 1.29. The predicted octanol–water partition coefficient (Wildman–Crippen LogP) is 2.47. The second-order valence-corrected chi connectivity index (χ2v) is 9.35. The number of aromatic nitrogens is 3. The number of piperidine rings is 1. The van der Waals surface area contributed by atoms with Crippen LogP contribution in [0.2, 0.25) is 0 Å². The largest absolute Gasteiger partial charge is 0.381 e. The van der Waals surface area contributed by atoms with Crippen LogP contribution in [0.15, 0.2) is 24.4 Å². The quantitative estimate of drug-likeness (QED) is 0.699. The molecule has 2 aliphatic heterocycles. The summed E-state index contributed by atoms with van der Waals surface area (Å²) in [6, 6.07) is 7.59. The molecular weight excluding hydrogens is 434 g/mol. The summed E-state index contributed by atoms with van der Waals surface area (Å²) in [6.45, 7) is 1.84. The van der Waals surface area contributed by atoms with Crippen LogP contribution in [0.1, 0.15) is 42.6 Å². The number of hydrogen-bond donors (Lipinski definition) is 1. The zero-order chi connectivity index (χ0) is 23.9. The zero-order valence-corrected chi connectivity index (χ0v) is 19.5. The summed E-state index contributed by atoms with van der Waals surface area (Å²) >= 11 is 0. The van der Waals surface area contributed by atoms with Gasteiger partial charge in [0.15, 0.2) is 5.82 Å². The van der Waals surface area contributed by atoms with Crippen molar-refractivity contribution in [2.45, 2.75) is 38.2 Å². The van der Waals surface area contributed by atoms with E-state index in [1.807, 2.05) is 4.90 Å². The standard InChI is InChI=1S/C24H29N7O3/c1-29-19(22(32)30-10-6-18(34-2)7-11-30)14-21(28-29)27-20-13-17(5-9-26-20)31-12-8-24(15-25,23(31)33)16-3-4-16/h5,9,13-14,16,18H,3-4,6-8,10-12H2,1-2H3,(H,26,27,28)/t24-/m1/s1. The number of methoxy groups -OCH3 is 1. The normalized spacial score (nSPS) is 23.3. The van der Waals surface area contributed by atoms with E-state index in [2.05, 4.69) is 21.5 Å². The molecule has 2 aromatic heterocycles. The summed E-state index contributed by atoms with van der Waals surface area (Å²) in [4.78, 5) is 34.0. The molecule has 1 saturated carbocycles. The van der Waals surface area contributed by atoms with E-state index in [1.54, 1.807) is 48.1 Å². The first kappa shape index (κ1) is 22.3. The highest BCUT2D eigenvalue weighted by Gasteiger charge is 2.56. The lowest BCUT2D eigenvalue weighted by atomic mass is 9.83. The molecule has 0 spiro atoms. The number of carbonyl (C=O) groups excluding carboxylic acids is 2. The Morgan fingerprint density at radius 1 is 1.21 bits per heavy atom. The maximum absolute atomic E-state index is 13.1. The van der Waals surface area contributed by atoms with Crippen molar-refractivity contribution in [3.8, 4) is 6.07 Å². The van der Waals surface area contributed by atoms with Crippen LogP contribution in [-0.2, 0) is 16.6 Å². The van der Waals surface area contributed by atoms with E-state index in [-0.39, 0.29) is 23.8 Å². The molecule has 0 aromatic carbocycles. The number of ether oxygens (including phenoxy) is 1. The fourth-order valence-electron chi connectivity index (χ4n) is 5.11. The average molecular weight is 464 g/mol. The highest BCUT2D eigenvalue weighted by atomic mass is 16.5. The van der Waals surface area contributed by atoms with E-state index in [0.29, 0.717) is 49.1 Å². The molecule has 4 heterocycles. The van der Waals surface area contributed by atoms with Gasteiger partial charge in [-0.15, -0.1) is 0 Å². The summed E-state index contributed by atoms with van der Waals surface area (Å²) in [5.74, 6) is 1.02. The molecule has 0 unspecified atom stereocenters. The van der Waals surface area contributed by atoms with E-state index in [4.69, 9.17) is 4.74 Å². The van der Waals surface area contributed by atoms with Gasteiger partial charge in [-0.05, 0) is 44.1 Å². The minimum Gasteiger partial charge on any atom is -0.381 e. The molecule has 1 atom stereocenters. The minimum absolute atomic E-state index is 0.0603. The van der Waals surface area contributed by atoms with Crippen LogP contribution in [0.4, 0.5) is 17.3 Å². The SMILES string of the molecule is COC1CCN(C(=O)c2cc(Nc3cc(N4CC[C@@](C#N)(C5CC5)C4=O)ccn3)nn2C)CC1. The Bertz CT molecular complexity index is 1140. The number of carbonyl (C=O) groups is 2. The van der Waals surface area contributed by atoms with Crippen molar-refractivity contribution in [3.63, 3.8) is 0 Å². The zero-order valence-electron chi connectivity index (χ0n) is 19.5. The smallest absolute Gasteiger partial charge is 0.272 e. The highest BCUT2D eigenvalue weighted by molar-refractivity contribution is 6.02. The van der Waals surface area contributed by atoms with Crippen molar-refractivity contribution in [1.82, 2.24) is 19.7 Å². The molecule has 0 radical (unpaired) electrons. The maximum atomic E-state index is 13.1. The number of nitrogens with one attached hydrogen (secondary N) is 1. The molecular formula is C24H29N7O3. The van der Waals surface area contributed by atoms with Gasteiger partial charge in [-0.1, -0.05) is 0 Å². The van der Waals surface area contributed by atoms with Crippen molar-refractivity contribution in [2.24, 2.45) is 18.4 Å². The van der Waals surface area contributed by atoms with Crippen molar-refractivity contribution >= 4 is 29.1 Å². The summed E-state index contributed by atoms with van der Waals surface area (Å²) in [7, 11) is 3.45. The van der Waals surface area contributed by atoms with E-state index < -0.39 is 5.41 Å². The van der Waals surface area contributed by atoms with Gasteiger partial charge in [0.1, 0.15) is 16.9 Å². The van der Waals surface area contributed by atoms with Crippen LogP contribution in [0.25, 0.3) is 0 Å². The molecule has 3 fully saturated rings. The van der Waals surface area contributed by atoms with E-state index in [1.165, 1.54) is 0 Å². The van der Waals surface area contributed by atoms with Gasteiger partial charge in [0.05, 0.1) is 12.2 Å². The van der Waals surface area contributed by atoms with Gasteiger partial charge in [-0.3, -0.25) is 14.3 Å². The van der Waals surface area contributed by atoms with Crippen LogP contribution in [0.3, 0.4) is 0 Å². The topological polar surface area (TPSA) is 116 Å². The fourth-order valence-corrected chi connectivity index (χ4v) is 5.11. The molecule has 1 aliphatic carbocycles. The van der Waals surface area contributed by atoms with Gasteiger partial charge in [0.25, 0.3) is 5.91 Å². The van der Waals surface area contributed by atoms with Crippen molar-refractivity contribution in [1.29, 1.82) is 5.26 Å². The second-order valence-electron chi connectivity index (χ2n) is 9.35. The number of hydrogen-bond acceptors (Lipinski definition) is 7. The number of nitrogens with zero attached hydrogens (tertiary/aromatic N) is 6. The van der Waals surface area contributed by atoms with Crippen molar-refractivity contribution in [2.75, 3.05) is 37.0 Å². The molecule has 34 heavy (non-hydrogen) atoms. The lowest BCUT2D eigenvalue weighted by Gasteiger charge is -2.31. The fraction of sp³-hybridized carbons (Fsp3) is 0.542. The monoisotopic (exact) mass is 463 g/mol. The molecule has 1 N–H and O–H groups in total. The molecule has 3 aliphatic rings. The van der Waals surface area contributed by atoms with Crippen LogP contribution in [0.5, 0.6) is 0 Å². The molecule has 10 heteroatoms. The summed E-state index contributed by atoms with van der Waals surface area (Å²) < 4.78 is 6.96. The first-order valence-electron chi connectivity index (χ1n) is 11.8. The van der Waals surface area contributed by atoms with Gasteiger partial charge >= 0.3 is 0 Å². The number of rotatable bonds is 6. The maximum Gasteiger partial charge on any atom is 0.272 e. The number of pyridine rings is 1. The molecule has 178 valence electrons. The van der Waals surface area contributed by atoms with Crippen molar-refractivity contribution < 1.29 is 14.3 Å². The van der Waals surface area contributed by atoms with E-state index in [0.717, 1.165) is 25.7 Å². The number of anilines is 3. The van der Waals surface area contributed by atoms with E-state index >= 15 is 0 Å². The average Bonchev–Trinajstić information content (AvgIpc) is 3.57. The minimum atomic E-state index is -0.884. The molecule has 2 amide bonds. The Kier molecular flexibility index (Phi) is 5.73. The number of likely N-dealkylation sites (tertiary alicyclic amines) is 1. The lowest BCUT2D eigenvalue weighted by Crippen LogP contribution is -2.41. The Morgan fingerprint density at radius 2 is 1.97 bits per heavy atom. The predicted molar refractivity (Wildman–Crippen MR) is 124 cm³/mol. The number of amides is 2. The van der Waals surface area contributed by atoms with Gasteiger partial charge in [0.2, 0.25) is 5.91 Å². The second kappa shape index (κ2) is 8.72. The number of nitriles is 1. The Labute approximate surface area is 198 Å². The van der Waals surface area contributed by atoms with Gasteiger partial charge in [-0.2, -0.15) is 10.4 Å². The van der Waals surface area contributed by atoms with Crippen LogP contribution in [-0.4, -0.2) is 64.3 Å².